The van der Waals surface area contributed by atoms with E-state index in [9.17, 15) is 4.79 Å². The number of hydrogen-bond acceptors (Lipinski definition) is 5. The van der Waals surface area contributed by atoms with Crippen molar-refractivity contribution in [3.63, 3.8) is 0 Å². The molecule has 0 saturated heterocycles. The van der Waals surface area contributed by atoms with Crippen LogP contribution in [-0.4, -0.2) is 33.4 Å². The predicted octanol–water partition coefficient (Wildman–Crippen LogP) is 3.25. The number of alkyl carbamates (subject to hydrolysis) is 1. The molecule has 134 valence electrons. The number of fused-ring (bicyclic) bond motifs is 1. The number of pyridine rings is 1. The van der Waals surface area contributed by atoms with Gasteiger partial charge < -0.3 is 15.8 Å². The number of amides is 1. The van der Waals surface area contributed by atoms with E-state index in [2.05, 4.69) is 26.6 Å². The van der Waals surface area contributed by atoms with Gasteiger partial charge in [0.2, 0.25) is 0 Å². The monoisotopic (exact) mass is 343 g/mol. The van der Waals surface area contributed by atoms with Crippen molar-refractivity contribution >= 4 is 28.5 Å². The van der Waals surface area contributed by atoms with E-state index in [-0.39, 0.29) is 6.09 Å². The number of nitrogen functional groups attached to an aromatic ring is 1. The second-order valence-electron chi connectivity index (χ2n) is 7.49. The van der Waals surface area contributed by atoms with E-state index < -0.39 is 5.60 Å². The lowest BCUT2D eigenvalue weighted by Crippen LogP contribution is -2.35. The molecule has 1 aliphatic carbocycles. The molecule has 0 aliphatic heterocycles. The van der Waals surface area contributed by atoms with Crippen LogP contribution in [0, 0.1) is 5.92 Å². The SMILES string of the molecule is CC(C)(C)OC(=O)NCC1CC=C(c2cnc3n[nH]c(N)c3c2)CC1. The molecule has 1 amide bonds. The van der Waals surface area contributed by atoms with Crippen LogP contribution < -0.4 is 11.1 Å². The summed E-state index contributed by atoms with van der Waals surface area (Å²) in [6.45, 7) is 6.21. The highest BCUT2D eigenvalue weighted by atomic mass is 16.6. The average molecular weight is 343 g/mol. The molecule has 0 radical (unpaired) electrons. The Morgan fingerprint density at radius 1 is 1.48 bits per heavy atom. The number of nitrogens with one attached hydrogen (secondary N) is 2. The van der Waals surface area contributed by atoms with Gasteiger partial charge in [0.05, 0.1) is 5.39 Å². The van der Waals surface area contributed by atoms with Crippen LogP contribution in [0.1, 0.15) is 45.6 Å². The number of aromatic amines is 1. The number of hydrogen-bond donors (Lipinski definition) is 3. The second kappa shape index (κ2) is 6.74. The first-order chi connectivity index (χ1) is 11.8. The number of ether oxygens (including phenoxy) is 1. The Hall–Kier alpha value is -2.57. The van der Waals surface area contributed by atoms with Crippen LogP contribution in [0.2, 0.25) is 0 Å². The average Bonchev–Trinajstić information content (AvgIpc) is 2.93. The molecule has 1 aliphatic rings. The van der Waals surface area contributed by atoms with Gasteiger partial charge in [0.15, 0.2) is 5.65 Å². The van der Waals surface area contributed by atoms with Crippen LogP contribution in [-0.2, 0) is 4.74 Å². The number of carbonyl (C=O) groups is 1. The summed E-state index contributed by atoms with van der Waals surface area (Å²) in [5, 5.41) is 10.5. The highest BCUT2D eigenvalue weighted by Crippen LogP contribution is 2.31. The molecule has 7 nitrogen and oxygen atoms in total. The van der Waals surface area contributed by atoms with Crippen LogP contribution in [0.5, 0.6) is 0 Å². The molecule has 0 fully saturated rings. The van der Waals surface area contributed by atoms with Crippen molar-refractivity contribution in [2.24, 2.45) is 5.92 Å². The van der Waals surface area contributed by atoms with E-state index >= 15 is 0 Å². The van der Waals surface area contributed by atoms with E-state index in [0.717, 1.165) is 30.2 Å². The molecule has 0 spiro atoms. The fourth-order valence-electron chi connectivity index (χ4n) is 2.97. The molecule has 1 unspecified atom stereocenters. The molecule has 3 rings (SSSR count). The van der Waals surface area contributed by atoms with Gasteiger partial charge >= 0.3 is 6.09 Å². The third-order valence-electron chi connectivity index (χ3n) is 4.26. The Bertz CT molecular complexity index is 803. The van der Waals surface area contributed by atoms with Gasteiger partial charge in [0, 0.05) is 12.7 Å². The fourth-order valence-corrected chi connectivity index (χ4v) is 2.97. The number of anilines is 1. The summed E-state index contributed by atoms with van der Waals surface area (Å²) in [6.07, 6.45) is 6.60. The summed E-state index contributed by atoms with van der Waals surface area (Å²) in [5.74, 6) is 0.965. The van der Waals surface area contributed by atoms with Crippen molar-refractivity contribution in [2.75, 3.05) is 12.3 Å². The van der Waals surface area contributed by atoms with Gasteiger partial charge in [-0.05, 0) is 63.2 Å². The Morgan fingerprint density at radius 2 is 2.28 bits per heavy atom. The maximum atomic E-state index is 11.7. The van der Waals surface area contributed by atoms with Crippen LogP contribution >= 0.6 is 0 Å². The lowest BCUT2D eigenvalue weighted by molar-refractivity contribution is 0.0518. The standard InChI is InChI=1S/C18H25N5O2/c1-18(2,3)25-17(24)21-9-11-4-6-12(7-5-11)13-8-14-15(19)22-23-16(14)20-10-13/h6,8,10-11H,4-5,7,9H2,1-3H3,(H,21,24)(H3,19,20,22,23). The number of aromatic nitrogens is 3. The molecule has 0 aromatic carbocycles. The zero-order valence-electron chi connectivity index (χ0n) is 14.9. The normalized spacial score (nSPS) is 18.0. The van der Waals surface area contributed by atoms with E-state index in [1.54, 1.807) is 0 Å². The maximum Gasteiger partial charge on any atom is 0.407 e. The summed E-state index contributed by atoms with van der Waals surface area (Å²) < 4.78 is 5.27. The van der Waals surface area contributed by atoms with Crippen molar-refractivity contribution < 1.29 is 9.53 Å². The number of rotatable bonds is 3. The molecule has 7 heteroatoms. The smallest absolute Gasteiger partial charge is 0.407 e. The first-order valence-electron chi connectivity index (χ1n) is 8.57. The van der Waals surface area contributed by atoms with Gasteiger partial charge in [0.25, 0.3) is 0 Å². The molecular formula is C18H25N5O2. The van der Waals surface area contributed by atoms with Gasteiger partial charge in [0.1, 0.15) is 11.4 Å². The minimum Gasteiger partial charge on any atom is -0.444 e. The van der Waals surface area contributed by atoms with Crippen molar-refractivity contribution in [2.45, 2.75) is 45.6 Å². The largest absolute Gasteiger partial charge is 0.444 e. The Balaban J connectivity index is 1.58. The molecule has 4 N–H and O–H groups in total. The Morgan fingerprint density at radius 3 is 2.96 bits per heavy atom. The lowest BCUT2D eigenvalue weighted by atomic mass is 9.87. The zero-order valence-corrected chi connectivity index (χ0v) is 14.9. The summed E-state index contributed by atoms with van der Waals surface area (Å²) in [7, 11) is 0. The summed E-state index contributed by atoms with van der Waals surface area (Å²) in [6, 6.07) is 2.03. The van der Waals surface area contributed by atoms with Gasteiger partial charge in [-0.25, -0.2) is 9.78 Å². The number of nitrogens with two attached hydrogens (primary N) is 1. The van der Waals surface area contributed by atoms with E-state index in [0.29, 0.717) is 23.9 Å². The molecule has 2 aromatic heterocycles. The molecule has 2 aromatic rings. The van der Waals surface area contributed by atoms with Crippen LogP contribution in [0.15, 0.2) is 18.3 Å². The number of allylic oxidation sites excluding steroid dienone is 2. The first-order valence-corrected chi connectivity index (χ1v) is 8.57. The quantitative estimate of drug-likeness (QED) is 0.793. The van der Waals surface area contributed by atoms with Crippen LogP contribution in [0.3, 0.4) is 0 Å². The summed E-state index contributed by atoms with van der Waals surface area (Å²) in [4.78, 5) is 16.1. The molecular weight excluding hydrogens is 318 g/mol. The number of H-pyrrole nitrogens is 1. The van der Waals surface area contributed by atoms with Gasteiger partial charge in [-0.3, -0.25) is 5.10 Å². The number of nitrogens with zero attached hydrogens (tertiary/aromatic N) is 2. The molecule has 0 saturated carbocycles. The summed E-state index contributed by atoms with van der Waals surface area (Å²) >= 11 is 0. The highest BCUT2D eigenvalue weighted by Gasteiger charge is 2.20. The third-order valence-corrected chi connectivity index (χ3v) is 4.26. The maximum absolute atomic E-state index is 11.7. The van der Waals surface area contributed by atoms with Crippen molar-refractivity contribution in [1.29, 1.82) is 0 Å². The van der Waals surface area contributed by atoms with Crippen molar-refractivity contribution in [3.8, 4) is 0 Å². The van der Waals surface area contributed by atoms with E-state index in [1.165, 1.54) is 5.57 Å². The Labute approximate surface area is 147 Å². The minimum atomic E-state index is -0.468. The van der Waals surface area contributed by atoms with E-state index in [1.807, 2.05) is 33.0 Å². The predicted molar refractivity (Wildman–Crippen MR) is 97.9 cm³/mol. The minimum absolute atomic E-state index is 0.354. The van der Waals surface area contributed by atoms with E-state index in [4.69, 9.17) is 10.5 Å². The lowest BCUT2D eigenvalue weighted by Gasteiger charge is -2.24. The van der Waals surface area contributed by atoms with Gasteiger partial charge in [-0.2, -0.15) is 5.10 Å². The van der Waals surface area contributed by atoms with Crippen LogP contribution in [0.25, 0.3) is 16.6 Å². The first kappa shape index (κ1) is 17.3. The summed E-state index contributed by atoms with van der Waals surface area (Å²) in [5.41, 5.74) is 8.40. The number of carbonyl (C=O) groups excluding carboxylic acids is 1. The van der Waals surface area contributed by atoms with Crippen molar-refractivity contribution in [3.05, 3.63) is 23.9 Å². The molecule has 1 atom stereocenters. The molecule has 2 heterocycles. The van der Waals surface area contributed by atoms with Gasteiger partial charge in [-0.15, -0.1) is 0 Å². The second-order valence-corrected chi connectivity index (χ2v) is 7.49. The Kier molecular flexibility index (Phi) is 4.65. The van der Waals surface area contributed by atoms with Gasteiger partial charge in [-0.1, -0.05) is 6.08 Å². The molecule has 25 heavy (non-hydrogen) atoms. The van der Waals surface area contributed by atoms with Crippen molar-refractivity contribution in [1.82, 2.24) is 20.5 Å². The third kappa shape index (κ3) is 4.29. The van der Waals surface area contributed by atoms with Crippen LogP contribution in [0.4, 0.5) is 10.6 Å². The fraction of sp³-hybridized carbons (Fsp3) is 0.500. The topological polar surface area (TPSA) is 106 Å². The molecule has 0 bridgehead atoms. The highest BCUT2D eigenvalue weighted by molar-refractivity contribution is 5.88. The zero-order chi connectivity index (χ0) is 18.0.